The fraction of sp³-hybridized carbons (Fsp3) is 0.143. The second kappa shape index (κ2) is 7.57. The van der Waals surface area contributed by atoms with Crippen LogP contribution in [0, 0.1) is 10.8 Å². The van der Waals surface area contributed by atoms with E-state index in [2.05, 4.69) is 0 Å². The minimum absolute atomic E-state index is 0. The van der Waals surface area contributed by atoms with Gasteiger partial charge in [0, 0.05) is 17.1 Å². The number of allylic oxidation sites excluding steroid dienone is 4. The zero-order valence-corrected chi connectivity index (χ0v) is 12.1. The Morgan fingerprint density at radius 1 is 0.522 bits per heavy atom. The Labute approximate surface area is 140 Å². The van der Waals surface area contributed by atoms with Crippen molar-refractivity contribution in [1.29, 1.82) is 0 Å². The Morgan fingerprint density at radius 3 is 0.783 bits per heavy atom. The molecule has 0 N–H and O–H groups in total. The van der Waals surface area contributed by atoms with E-state index in [0.29, 0.717) is 0 Å². The van der Waals surface area contributed by atoms with Crippen molar-refractivity contribution in [1.82, 2.24) is 0 Å². The molecule has 0 spiro atoms. The molecule has 0 amide bonds. The van der Waals surface area contributed by atoms with Gasteiger partial charge in [0.1, 0.15) is 0 Å². The van der Waals surface area contributed by atoms with Gasteiger partial charge < -0.3 is 39.6 Å². The van der Waals surface area contributed by atoms with E-state index in [9.17, 15) is 39.6 Å². The van der Waals surface area contributed by atoms with Crippen LogP contribution in [0.5, 0.6) is 0 Å². The fourth-order valence-electron chi connectivity index (χ4n) is 1.65. The molecular formula is C14H8CuO8-4. The number of hydrogen-bond acceptors (Lipinski definition) is 8. The number of carboxylic acids is 4. The van der Waals surface area contributed by atoms with E-state index in [1.54, 1.807) is 0 Å². The molecule has 0 saturated carbocycles. The Bertz CT molecular complexity index is 529. The molecule has 1 radical (unpaired) electrons. The third-order valence-corrected chi connectivity index (χ3v) is 3.01. The number of hydrogen-bond donors (Lipinski definition) is 0. The molecule has 0 heterocycles. The van der Waals surface area contributed by atoms with Crippen LogP contribution >= 0.6 is 0 Å². The summed E-state index contributed by atoms with van der Waals surface area (Å²) in [4.78, 5) is 41.3. The topological polar surface area (TPSA) is 161 Å². The predicted molar refractivity (Wildman–Crippen MR) is 61.5 cm³/mol. The van der Waals surface area contributed by atoms with Crippen LogP contribution in [0.25, 0.3) is 0 Å². The number of aliphatic carboxylic acids is 4. The number of carbonyl (C=O) groups is 4. The molecule has 0 atom stereocenters. The molecule has 127 valence electrons. The molecule has 0 aromatic carbocycles. The van der Waals surface area contributed by atoms with Gasteiger partial charge in [0.25, 0.3) is 0 Å². The first-order chi connectivity index (χ1) is 10.2. The van der Waals surface area contributed by atoms with Crippen molar-refractivity contribution in [3.63, 3.8) is 0 Å². The maximum Gasteiger partial charge on any atom is 0.0859 e. The van der Waals surface area contributed by atoms with Crippen LogP contribution in [0.15, 0.2) is 48.6 Å². The quantitative estimate of drug-likeness (QED) is 0.353. The number of carbonyl (C=O) groups excluding carboxylic acids is 4. The van der Waals surface area contributed by atoms with Gasteiger partial charge in [-0.3, -0.25) is 0 Å². The molecule has 0 unspecified atom stereocenters. The summed E-state index contributed by atoms with van der Waals surface area (Å²) in [6.45, 7) is 0. The second-order valence-electron chi connectivity index (χ2n) is 4.32. The van der Waals surface area contributed by atoms with Gasteiger partial charge in [-0.05, 0) is 0 Å². The summed E-state index contributed by atoms with van der Waals surface area (Å²) in [5.74, 6) is -6.71. The SMILES string of the molecule is O=C([O-])C1(C(=O)[O-])C=CC=C1.O=C([O-])C1(C(=O)[O-])C=CC=C1.[Cu]. The van der Waals surface area contributed by atoms with Gasteiger partial charge in [-0.15, -0.1) is 0 Å². The maximum atomic E-state index is 10.3. The molecular weight excluding hydrogens is 360 g/mol. The smallest absolute Gasteiger partial charge is 0.0859 e. The Morgan fingerprint density at radius 2 is 0.696 bits per heavy atom. The van der Waals surface area contributed by atoms with Crippen LogP contribution in [0.2, 0.25) is 0 Å². The van der Waals surface area contributed by atoms with Crippen LogP contribution in [0.3, 0.4) is 0 Å². The van der Waals surface area contributed by atoms with Crippen molar-refractivity contribution >= 4 is 23.9 Å². The first-order valence-corrected chi connectivity index (χ1v) is 5.79. The largest absolute Gasteiger partial charge is 0.548 e. The monoisotopic (exact) mass is 367 g/mol. The molecule has 0 aliphatic heterocycles. The Hall–Kier alpha value is -2.64. The summed E-state index contributed by atoms with van der Waals surface area (Å²) in [6.07, 6.45) is 9.35. The summed E-state index contributed by atoms with van der Waals surface area (Å²) < 4.78 is 0. The molecule has 2 aliphatic rings. The van der Waals surface area contributed by atoms with E-state index in [1.807, 2.05) is 0 Å². The molecule has 9 heteroatoms. The third kappa shape index (κ3) is 3.77. The van der Waals surface area contributed by atoms with E-state index in [0.717, 1.165) is 24.3 Å². The first kappa shape index (κ1) is 20.4. The van der Waals surface area contributed by atoms with Gasteiger partial charge in [0.2, 0.25) is 0 Å². The summed E-state index contributed by atoms with van der Waals surface area (Å²) >= 11 is 0. The van der Waals surface area contributed by atoms with Crippen molar-refractivity contribution in [2.75, 3.05) is 0 Å². The van der Waals surface area contributed by atoms with Crippen molar-refractivity contribution < 1.29 is 56.7 Å². The average molecular weight is 368 g/mol. The van der Waals surface area contributed by atoms with E-state index in [4.69, 9.17) is 0 Å². The van der Waals surface area contributed by atoms with Gasteiger partial charge in [-0.2, -0.15) is 0 Å². The van der Waals surface area contributed by atoms with Crippen molar-refractivity contribution in [3.05, 3.63) is 48.6 Å². The third-order valence-electron chi connectivity index (χ3n) is 3.01. The summed E-state index contributed by atoms with van der Waals surface area (Å²) in [7, 11) is 0. The summed E-state index contributed by atoms with van der Waals surface area (Å²) in [5, 5.41) is 41.3. The van der Waals surface area contributed by atoms with Gasteiger partial charge in [-0.25, -0.2) is 0 Å². The van der Waals surface area contributed by atoms with Crippen LogP contribution in [0.4, 0.5) is 0 Å². The van der Waals surface area contributed by atoms with Crippen LogP contribution in [-0.2, 0) is 36.2 Å². The van der Waals surface area contributed by atoms with E-state index < -0.39 is 34.7 Å². The minimum atomic E-state index is -2.06. The van der Waals surface area contributed by atoms with Gasteiger partial charge >= 0.3 is 0 Å². The normalized spacial score (nSPS) is 17.7. The Balaban J connectivity index is 0.000000403. The van der Waals surface area contributed by atoms with Gasteiger partial charge in [-0.1, -0.05) is 48.6 Å². The Kier molecular flexibility index (Phi) is 6.70. The first-order valence-electron chi connectivity index (χ1n) is 5.79. The predicted octanol–water partition coefficient (Wildman–Crippen LogP) is -4.81. The molecule has 0 aromatic heterocycles. The zero-order valence-electron chi connectivity index (χ0n) is 11.2. The average Bonchev–Trinajstić information content (AvgIpc) is 3.10. The molecule has 8 nitrogen and oxygen atoms in total. The second-order valence-corrected chi connectivity index (χ2v) is 4.32. The molecule has 0 saturated heterocycles. The summed E-state index contributed by atoms with van der Waals surface area (Å²) in [6, 6.07) is 0. The van der Waals surface area contributed by atoms with E-state index >= 15 is 0 Å². The molecule has 0 aromatic rings. The van der Waals surface area contributed by atoms with Crippen LogP contribution in [-0.4, -0.2) is 23.9 Å². The minimum Gasteiger partial charge on any atom is -0.548 e. The number of carboxylic acid groups (broad SMARTS) is 4. The van der Waals surface area contributed by atoms with Crippen LogP contribution in [0.1, 0.15) is 0 Å². The van der Waals surface area contributed by atoms with Crippen molar-refractivity contribution in [2.45, 2.75) is 0 Å². The summed E-state index contributed by atoms with van der Waals surface area (Å²) in [5.41, 5.74) is -4.11. The molecule has 23 heavy (non-hydrogen) atoms. The molecule has 2 aliphatic carbocycles. The van der Waals surface area contributed by atoms with E-state index in [1.165, 1.54) is 24.3 Å². The van der Waals surface area contributed by atoms with Crippen molar-refractivity contribution in [3.8, 4) is 0 Å². The van der Waals surface area contributed by atoms with Crippen molar-refractivity contribution in [2.24, 2.45) is 10.8 Å². The van der Waals surface area contributed by atoms with Gasteiger partial charge in [0.05, 0.1) is 34.7 Å². The standard InChI is InChI=1S/2C7H6O4.Cu/c2*8-5(9)7(6(10)11)3-1-2-4-7;/h2*1-4H,(H,8,9)(H,10,11);/p-4. The molecule has 0 bridgehead atoms. The van der Waals surface area contributed by atoms with Crippen LogP contribution < -0.4 is 20.4 Å². The molecule has 0 fully saturated rings. The zero-order chi connectivity index (χ0) is 17.0. The fourth-order valence-corrected chi connectivity index (χ4v) is 1.65. The molecule has 2 rings (SSSR count). The van der Waals surface area contributed by atoms with E-state index in [-0.39, 0.29) is 17.1 Å². The van der Waals surface area contributed by atoms with Gasteiger partial charge in [0.15, 0.2) is 0 Å². The number of rotatable bonds is 4. The maximum absolute atomic E-state index is 10.3.